The van der Waals surface area contributed by atoms with E-state index in [0.717, 1.165) is 53.0 Å². The van der Waals surface area contributed by atoms with Crippen LogP contribution in [0.1, 0.15) is 80.3 Å². The van der Waals surface area contributed by atoms with Gasteiger partial charge in [0.05, 0.1) is 12.5 Å². The zero-order valence-electron chi connectivity index (χ0n) is 28.6. The second-order valence-electron chi connectivity index (χ2n) is 13.0. The first-order chi connectivity index (χ1) is 23.8. The zero-order chi connectivity index (χ0) is 34.6. The number of unbranched alkanes of at least 4 members (excludes halogenated alkanes) is 4. The molecule has 5 rings (SSSR count). The normalized spacial score (nSPS) is 14.8. The SMILES string of the molecule is CCCCCCCOc1ccc(-c2cnc(-c3ccc(C[C@H](CC(=O)c4ccc(CC)cc4)C(=O)N4CC[C@H](C(=O)O)C4)cc3)nc2)cc1. The molecule has 0 bridgehead atoms. The zero-order valence-corrected chi connectivity index (χ0v) is 28.6. The molecule has 8 heteroatoms. The van der Waals surface area contributed by atoms with E-state index >= 15 is 0 Å². The molecule has 0 unspecified atom stereocenters. The average molecular weight is 662 g/mol. The van der Waals surface area contributed by atoms with E-state index in [1.807, 2.05) is 85.2 Å². The van der Waals surface area contributed by atoms with E-state index in [9.17, 15) is 19.5 Å². The topological polar surface area (TPSA) is 110 Å². The highest BCUT2D eigenvalue weighted by Gasteiger charge is 2.35. The Labute approximate surface area is 289 Å². The third-order valence-corrected chi connectivity index (χ3v) is 9.36. The number of ketones is 1. The molecule has 49 heavy (non-hydrogen) atoms. The van der Waals surface area contributed by atoms with Crippen LogP contribution in [0.4, 0.5) is 0 Å². The van der Waals surface area contributed by atoms with Crippen molar-refractivity contribution >= 4 is 17.7 Å². The Morgan fingerprint density at radius 3 is 2.10 bits per heavy atom. The molecule has 4 aromatic rings. The Bertz CT molecular complexity index is 1670. The molecule has 256 valence electrons. The number of rotatable bonds is 17. The Morgan fingerprint density at radius 2 is 1.47 bits per heavy atom. The molecule has 1 saturated heterocycles. The van der Waals surface area contributed by atoms with Crippen LogP contribution in [0.15, 0.2) is 85.2 Å². The summed E-state index contributed by atoms with van der Waals surface area (Å²) in [7, 11) is 0. The number of carboxylic acid groups (broad SMARTS) is 1. The molecule has 1 N–H and O–H groups in total. The molecular formula is C41H47N3O5. The number of Topliss-reactive ketones (excluding diaryl/α,β-unsaturated/α-hetero) is 1. The van der Waals surface area contributed by atoms with Crippen LogP contribution in [-0.2, 0) is 22.4 Å². The van der Waals surface area contributed by atoms with Crippen LogP contribution in [0.2, 0.25) is 0 Å². The third kappa shape index (κ3) is 9.84. The molecule has 0 aliphatic carbocycles. The Hall–Kier alpha value is -4.85. The molecule has 2 atom stereocenters. The van der Waals surface area contributed by atoms with Crippen LogP contribution in [0.25, 0.3) is 22.5 Å². The number of amides is 1. The maximum atomic E-state index is 13.7. The molecule has 1 amide bonds. The molecule has 0 saturated carbocycles. The number of hydrogen-bond donors (Lipinski definition) is 1. The van der Waals surface area contributed by atoms with E-state index < -0.39 is 17.8 Å². The summed E-state index contributed by atoms with van der Waals surface area (Å²) in [6.07, 6.45) is 11.4. The number of nitrogens with zero attached hydrogens (tertiary/aromatic N) is 3. The van der Waals surface area contributed by atoms with Gasteiger partial charge >= 0.3 is 5.97 Å². The number of carbonyl (C=O) groups excluding carboxylic acids is 2. The minimum Gasteiger partial charge on any atom is -0.494 e. The van der Waals surface area contributed by atoms with Gasteiger partial charge in [0.2, 0.25) is 5.91 Å². The lowest BCUT2D eigenvalue weighted by Gasteiger charge is -2.23. The largest absolute Gasteiger partial charge is 0.494 e. The molecular weight excluding hydrogens is 614 g/mol. The molecule has 1 fully saturated rings. The van der Waals surface area contributed by atoms with E-state index in [0.29, 0.717) is 30.8 Å². The minimum atomic E-state index is -0.893. The fourth-order valence-corrected chi connectivity index (χ4v) is 6.27. The van der Waals surface area contributed by atoms with E-state index in [1.165, 1.54) is 25.7 Å². The maximum absolute atomic E-state index is 13.7. The van der Waals surface area contributed by atoms with Crippen molar-refractivity contribution in [2.45, 2.75) is 71.6 Å². The number of likely N-dealkylation sites (tertiary alicyclic amines) is 1. The standard InChI is InChI=1S/C41H47N3O5/c1-3-5-6-7-8-23-49-37-19-17-31(18-20-37)36-26-42-39(43-27-36)33-15-11-30(12-16-33)24-35(40(46)44-22-21-34(28-44)41(47)48)25-38(45)32-13-9-29(4-2)10-14-32/h9-20,26-27,34-35H,3-8,21-25,28H2,1-2H3,(H,47,48)/t34-,35+/m0/s1. The molecule has 8 nitrogen and oxygen atoms in total. The number of aromatic nitrogens is 2. The average Bonchev–Trinajstić information content (AvgIpc) is 3.64. The predicted molar refractivity (Wildman–Crippen MR) is 191 cm³/mol. The quantitative estimate of drug-likeness (QED) is 0.0900. The fraction of sp³-hybridized carbons (Fsp3) is 0.390. The van der Waals surface area contributed by atoms with Gasteiger partial charge in [-0.25, -0.2) is 9.97 Å². The van der Waals surface area contributed by atoms with Gasteiger partial charge in [-0.15, -0.1) is 0 Å². The summed E-state index contributed by atoms with van der Waals surface area (Å²) in [5.41, 5.74) is 5.39. The smallest absolute Gasteiger partial charge is 0.308 e. The molecule has 3 aromatic carbocycles. The van der Waals surface area contributed by atoms with E-state index in [1.54, 1.807) is 4.90 Å². The number of aliphatic carboxylic acids is 1. The van der Waals surface area contributed by atoms with Gasteiger partial charge in [-0.3, -0.25) is 14.4 Å². The van der Waals surface area contributed by atoms with Crippen LogP contribution >= 0.6 is 0 Å². The summed E-state index contributed by atoms with van der Waals surface area (Å²) < 4.78 is 5.90. The first-order valence-electron chi connectivity index (χ1n) is 17.6. The summed E-state index contributed by atoms with van der Waals surface area (Å²) in [5, 5.41) is 9.47. The maximum Gasteiger partial charge on any atom is 0.308 e. The number of carboxylic acids is 1. The lowest BCUT2D eigenvalue weighted by Crippen LogP contribution is -2.37. The summed E-state index contributed by atoms with van der Waals surface area (Å²) in [6.45, 7) is 5.57. The Kier molecular flexibility index (Phi) is 12.7. The second-order valence-corrected chi connectivity index (χ2v) is 13.0. The third-order valence-electron chi connectivity index (χ3n) is 9.36. The number of benzene rings is 3. The number of ether oxygens (including phenoxy) is 1. The van der Waals surface area contributed by atoms with Gasteiger partial charge in [-0.05, 0) is 54.5 Å². The van der Waals surface area contributed by atoms with Crippen molar-refractivity contribution in [2.75, 3.05) is 19.7 Å². The molecule has 0 radical (unpaired) electrons. The van der Waals surface area contributed by atoms with Crippen LogP contribution in [0.3, 0.4) is 0 Å². The summed E-state index contributed by atoms with van der Waals surface area (Å²) in [5.74, 6) is -0.886. The van der Waals surface area contributed by atoms with E-state index in [-0.39, 0.29) is 24.7 Å². The molecule has 1 aromatic heterocycles. The monoisotopic (exact) mass is 661 g/mol. The summed E-state index contributed by atoms with van der Waals surface area (Å²) in [6, 6.07) is 23.3. The first-order valence-corrected chi connectivity index (χ1v) is 17.6. The van der Waals surface area contributed by atoms with Crippen LogP contribution in [0.5, 0.6) is 5.75 Å². The van der Waals surface area contributed by atoms with Crippen molar-refractivity contribution in [3.63, 3.8) is 0 Å². The first kappa shape index (κ1) is 35.5. The lowest BCUT2D eigenvalue weighted by atomic mass is 9.90. The number of hydrogen-bond acceptors (Lipinski definition) is 6. The van der Waals surface area contributed by atoms with Crippen LogP contribution < -0.4 is 4.74 Å². The number of carbonyl (C=O) groups is 3. The van der Waals surface area contributed by atoms with Crippen molar-refractivity contribution in [1.82, 2.24) is 14.9 Å². The van der Waals surface area contributed by atoms with Crippen molar-refractivity contribution in [2.24, 2.45) is 11.8 Å². The van der Waals surface area contributed by atoms with Gasteiger partial charge in [0.1, 0.15) is 5.75 Å². The Morgan fingerprint density at radius 1 is 0.816 bits per heavy atom. The van der Waals surface area contributed by atoms with E-state index in [4.69, 9.17) is 4.74 Å². The highest BCUT2D eigenvalue weighted by atomic mass is 16.5. The van der Waals surface area contributed by atoms with Crippen molar-refractivity contribution in [1.29, 1.82) is 0 Å². The summed E-state index contributed by atoms with van der Waals surface area (Å²) >= 11 is 0. The van der Waals surface area contributed by atoms with E-state index in [2.05, 4.69) is 23.8 Å². The van der Waals surface area contributed by atoms with Crippen LogP contribution in [0, 0.1) is 11.8 Å². The molecule has 1 aliphatic rings. The van der Waals surface area contributed by atoms with Gasteiger partial charge < -0.3 is 14.7 Å². The highest BCUT2D eigenvalue weighted by molar-refractivity contribution is 5.98. The highest BCUT2D eigenvalue weighted by Crippen LogP contribution is 2.26. The van der Waals surface area contributed by atoms with Crippen molar-refractivity contribution in [3.8, 4) is 28.3 Å². The van der Waals surface area contributed by atoms with Crippen molar-refractivity contribution < 1.29 is 24.2 Å². The van der Waals surface area contributed by atoms with Gasteiger partial charge in [0.25, 0.3) is 0 Å². The molecule has 1 aliphatic heterocycles. The lowest BCUT2D eigenvalue weighted by molar-refractivity contribution is -0.141. The minimum absolute atomic E-state index is 0.0526. The molecule has 0 spiro atoms. The van der Waals surface area contributed by atoms with Gasteiger partial charge in [0.15, 0.2) is 11.6 Å². The second kappa shape index (κ2) is 17.5. The van der Waals surface area contributed by atoms with Gasteiger partial charge in [0, 0.05) is 54.5 Å². The van der Waals surface area contributed by atoms with Gasteiger partial charge in [-0.1, -0.05) is 100 Å². The predicted octanol–water partition coefficient (Wildman–Crippen LogP) is 8.09. The Balaban J connectivity index is 1.22. The fourth-order valence-electron chi connectivity index (χ4n) is 6.27. The number of aryl methyl sites for hydroxylation is 1. The van der Waals surface area contributed by atoms with Crippen molar-refractivity contribution in [3.05, 3.63) is 102 Å². The van der Waals surface area contributed by atoms with Crippen LogP contribution in [-0.4, -0.2) is 57.3 Å². The molecule has 2 heterocycles. The van der Waals surface area contributed by atoms with Gasteiger partial charge in [-0.2, -0.15) is 0 Å². The summed E-state index contributed by atoms with van der Waals surface area (Å²) in [4.78, 5) is 49.4.